The highest BCUT2D eigenvalue weighted by atomic mass is 15.3. The van der Waals surface area contributed by atoms with Crippen LogP contribution in [0.1, 0.15) is 49.1 Å². The van der Waals surface area contributed by atoms with E-state index in [1.54, 1.807) is 0 Å². The molecule has 2 aliphatic heterocycles. The Labute approximate surface area is 122 Å². The lowest BCUT2D eigenvalue weighted by Gasteiger charge is -2.49. The maximum atomic E-state index is 4.58. The van der Waals surface area contributed by atoms with Crippen LogP contribution in [0.3, 0.4) is 0 Å². The number of nitrogens with one attached hydrogen (secondary N) is 1. The molecule has 2 fully saturated rings. The van der Waals surface area contributed by atoms with Crippen LogP contribution in [0.5, 0.6) is 0 Å². The molecule has 2 saturated heterocycles. The molecule has 0 aliphatic carbocycles. The van der Waals surface area contributed by atoms with Crippen LogP contribution in [0.25, 0.3) is 0 Å². The van der Waals surface area contributed by atoms with Crippen LogP contribution >= 0.6 is 0 Å². The quantitative estimate of drug-likeness (QED) is 0.918. The third-order valence-corrected chi connectivity index (χ3v) is 5.53. The van der Waals surface area contributed by atoms with Crippen LogP contribution in [0.4, 0.5) is 0 Å². The van der Waals surface area contributed by atoms with Crippen molar-refractivity contribution in [3.05, 3.63) is 17.0 Å². The van der Waals surface area contributed by atoms with Crippen molar-refractivity contribution in [1.29, 1.82) is 0 Å². The minimum Gasteiger partial charge on any atom is -0.317 e. The fraction of sp³-hybridized carbons (Fsp3) is 0.812. The molecule has 0 amide bonds. The zero-order chi connectivity index (χ0) is 14.3. The molecule has 0 spiro atoms. The van der Waals surface area contributed by atoms with E-state index in [1.165, 1.54) is 49.1 Å². The molecule has 1 N–H and O–H groups in total. The molecule has 0 aromatic carbocycles. The zero-order valence-corrected chi connectivity index (χ0v) is 13.3. The smallest absolute Gasteiger partial charge is 0.0641 e. The third-order valence-electron chi connectivity index (χ3n) is 5.53. The van der Waals surface area contributed by atoms with Crippen molar-refractivity contribution in [3.63, 3.8) is 0 Å². The monoisotopic (exact) mass is 276 g/mol. The van der Waals surface area contributed by atoms with Crippen molar-refractivity contribution < 1.29 is 0 Å². The molecule has 2 atom stereocenters. The van der Waals surface area contributed by atoms with Crippen LogP contribution < -0.4 is 5.32 Å². The van der Waals surface area contributed by atoms with Gasteiger partial charge in [-0.05, 0) is 46.6 Å². The predicted molar refractivity (Wildman–Crippen MR) is 81.7 cm³/mol. The van der Waals surface area contributed by atoms with Crippen LogP contribution in [-0.4, -0.2) is 39.9 Å². The van der Waals surface area contributed by atoms with E-state index < -0.39 is 0 Å². The zero-order valence-electron chi connectivity index (χ0n) is 13.3. The number of piperidine rings is 2. The summed E-state index contributed by atoms with van der Waals surface area (Å²) in [5.41, 5.74) is 3.99. The number of rotatable bonds is 3. The Balaban J connectivity index is 1.80. The van der Waals surface area contributed by atoms with Gasteiger partial charge in [-0.3, -0.25) is 9.58 Å². The minimum absolute atomic E-state index is 0.720. The third kappa shape index (κ3) is 2.40. The van der Waals surface area contributed by atoms with E-state index in [1.807, 2.05) is 4.68 Å². The Hall–Kier alpha value is -0.870. The Morgan fingerprint density at radius 2 is 1.85 bits per heavy atom. The molecule has 4 nitrogen and oxygen atoms in total. The number of nitrogens with zero attached hydrogens (tertiary/aromatic N) is 3. The Bertz CT molecular complexity index is 465. The molecule has 1 aromatic heterocycles. The lowest BCUT2D eigenvalue weighted by molar-refractivity contribution is 0.0188. The molecule has 2 unspecified atom stereocenters. The molecule has 0 radical (unpaired) electrons. The Morgan fingerprint density at radius 1 is 1.20 bits per heavy atom. The van der Waals surface area contributed by atoms with Gasteiger partial charge in [0, 0.05) is 43.0 Å². The van der Waals surface area contributed by atoms with Crippen LogP contribution in [-0.2, 0) is 13.6 Å². The maximum Gasteiger partial charge on any atom is 0.0641 e. The first kappa shape index (κ1) is 14.1. The summed E-state index contributed by atoms with van der Waals surface area (Å²) in [7, 11) is 4.17. The van der Waals surface area contributed by atoms with Crippen molar-refractivity contribution in [1.82, 2.24) is 20.0 Å². The fourth-order valence-electron chi connectivity index (χ4n) is 4.20. The van der Waals surface area contributed by atoms with E-state index in [0.29, 0.717) is 0 Å². The minimum atomic E-state index is 0.720. The van der Waals surface area contributed by atoms with Gasteiger partial charge in [0.15, 0.2) is 0 Å². The van der Waals surface area contributed by atoms with Gasteiger partial charge >= 0.3 is 0 Å². The molecule has 3 rings (SSSR count). The average Bonchev–Trinajstić information content (AvgIpc) is 2.65. The van der Waals surface area contributed by atoms with Crippen LogP contribution in [0, 0.1) is 13.8 Å². The molecule has 20 heavy (non-hydrogen) atoms. The van der Waals surface area contributed by atoms with Gasteiger partial charge in [0.25, 0.3) is 0 Å². The first-order chi connectivity index (χ1) is 9.60. The van der Waals surface area contributed by atoms with E-state index in [0.717, 1.165) is 24.7 Å². The number of hydrogen-bond donors (Lipinski definition) is 1. The summed E-state index contributed by atoms with van der Waals surface area (Å²) in [6, 6.07) is 2.25. The normalized spacial score (nSPS) is 30.7. The summed E-state index contributed by atoms with van der Waals surface area (Å²) < 4.78 is 2.03. The van der Waals surface area contributed by atoms with E-state index in [2.05, 4.69) is 43.3 Å². The van der Waals surface area contributed by atoms with Gasteiger partial charge in [0.2, 0.25) is 0 Å². The van der Waals surface area contributed by atoms with Gasteiger partial charge in [0.1, 0.15) is 0 Å². The maximum absolute atomic E-state index is 4.58. The number of fused-ring (bicyclic) bond motifs is 2. The highest BCUT2D eigenvalue weighted by molar-refractivity contribution is 5.24. The van der Waals surface area contributed by atoms with Gasteiger partial charge in [0.05, 0.1) is 5.69 Å². The first-order valence-electron chi connectivity index (χ1n) is 8.02. The second-order valence-corrected chi connectivity index (χ2v) is 6.64. The lowest BCUT2D eigenvalue weighted by Crippen LogP contribution is -2.55. The van der Waals surface area contributed by atoms with E-state index in [-0.39, 0.29) is 0 Å². The second kappa shape index (κ2) is 5.49. The lowest BCUT2D eigenvalue weighted by atomic mass is 9.81. The highest BCUT2D eigenvalue weighted by Gasteiger charge is 2.38. The number of hydrogen-bond acceptors (Lipinski definition) is 3. The van der Waals surface area contributed by atoms with Gasteiger partial charge in [-0.15, -0.1) is 0 Å². The summed E-state index contributed by atoms with van der Waals surface area (Å²) in [5, 5.41) is 8.08. The summed E-state index contributed by atoms with van der Waals surface area (Å²) in [6.07, 6.45) is 6.77. The van der Waals surface area contributed by atoms with Gasteiger partial charge in [-0.2, -0.15) is 5.10 Å². The van der Waals surface area contributed by atoms with E-state index >= 15 is 0 Å². The first-order valence-corrected chi connectivity index (χ1v) is 8.02. The molecule has 1 aromatic rings. The van der Waals surface area contributed by atoms with Crippen molar-refractivity contribution in [2.24, 2.45) is 7.05 Å². The van der Waals surface area contributed by atoms with Crippen LogP contribution in [0.2, 0.25) is 0 Å². The Morgan fingerprint density at radius 3 is 2.35 bits per heavy atom. The van der Waals surface area contributed by atoms with Crippen molar-refractivity contribution >= 4 is 0 Å². The van der Waals surface area contributed by atoms with Crippen molar-refractivity contribution in [2.45, 2.75) is 70.6 Å². The molecule has 3 heterocycles. The van der Waals surface area contributed by atoms with Crippen molar-refractivity contribution in [3.8, 4) is 0 Å². The fourth-order valence-corrected chi connectivity index (χ4v) is 4.20. The Kier molecular flexibility index (Phi) is 3.87. The SMILES string of the molecule is CNC1CC2CCCC(C1)N2Cc1c(C)nn(C)c1C. The number of aromatic nitrogens is 2. The number of aryl methyl sites for hydroxylation is 2. The van der Waals surface area contributed by atoms with Gasteiger partial charge in [-0.1, -0.05) is 6.42 Å². The predicted octanol–water partition coefficient (Wildman–Crippen LogP) is 2.14. The van der Waals surface area contributed by atoms with E-state index in [9.17, 15) is 0 Å². The molecule has 0 saturated carbocycles. The molecule has 4 heteroatoms. The molecular weight excluding hydrogens is 248 g/mol. The standard InChI is InChI=1S/C16H28N4/c1-11-16(12(2)19(4)18-11)10-20-14-6-5-7-15(20)9-13(8-14)17-3/h13-15,17H,5-10H2,1-4H3. The molecule has 112 valence electrons. The summed E-state index contributed by atoms with van der Waals surface area (Å²) in [4.78, 5) is 2.77. The molecule has 2 aliphatic rings. The summed E-state index contributed by atoms with van der Waals surface area (Å²) >= 11 is 0. The van der Waals surface area contributed by atoms with E-state index in [4.69, 9.17) is 0 Å². The van der Waals surface area contributed by atoms with Crippen molar-refractivity contribution in [2.75, 3.05) is 7.05 Å². The molecular formula is C16H28N4. The molecule has 2 bridgehead atoms. The summed E-state index contributed by atoms with van der Waals surface area (Å²) in [6.45, 7) is 5.45. The average molecular weight is 276 g/mol. The van der Waals surface area contributed by atoms with Gasteiger partial charge < -0.3 is 5.32 Å². The second-order valence-electron chi connectivity index (χ2n) is 6.64. The van der Waals surface area contributed by atoms with Gasteiger partial charge in [-0.25, -0.2) is 0 Å². The summed E-state index contributed by atoms with van der Waals surface area (Å²) in [5.74, 6) is 0. The topological polar surface area (TPSA) is 33.1 Å². The largest absolute Gasteiger partial charge is 0.317 e. The highest BCUT2D eigenvalue weighted by Crippen LogP contribution is 2.35. The van der Waals surface area contributed by atoms with Crippen LogP contribution in [0.15, 0.2) is 0 Å².